The first kappa shape index (κ1) is 12.9. The minimum absolute atomic E-state index is 0.159. The fourth-order valence-corrected chi connectivity index (χ4v) is 2.19. The molecule has 1 heterocycles. The number of halogens is 1. The Kier molecular flexibility index (Phi) is 3.28. The third-order valence-electron chi connectivity index (χ3n) is 2.86. The summed E-state index contributed by atoms with van der Waals surface area (Å²) in [7, 11) is 0. The van der Waals surface area contributed by atoms with Gasteiger partial charge in [0.05, 0.1) is 0 Å². The molecule has 0 bridgehead atoms. The van der Waals surface area contributed by atoms with Crippen molar-refractivity contribution in [3.8, 4) is 0 Å². The van der Waals surface area contributed by atoms with Crippen LogP contribution < -0.4 is 5.32 Å². The molecular formula is C15H11BrN2O2. The summed E-state index contributed by atoms with van der Waals surface area (Å²) in [6.45, 7) is 1.79. The van der Waals surface area contributed by atoms with Crippen molar-refractivity contribution in [3.63, 3.8) is 0 Å². The lowest BCUT2D eigenvalue weighted by atomic mass is 10.2. The SMILES string of the molecule is Cc1nc2ccc(NC(=O)c3ccc(Br)cc3)cc2o1. The van der Waals surface area contributed by atoms with E-state index in [4.69, 9.17) is 4.42 Å². The molecule has 3 rings (SSSR count). The second kappa shape index (κ2) is 5.09. The van der Waals surface area contributed by atoms with E-state index in [1.807, 2.05) is 18.2 Å². The van der Waals surface area contributed by atoms with Gasteiger partial charge >= 0.3 is 0 Å². The summed E-state index contributed by atoms with van der Waals surface area (Å²) >= 11 is 3.34. The summed E-state index contributed by atoms with van der Waals surface area (Å²) in [5.74, 6) is 0.449. The predicted octanol–water partition coefficient (Wildman–Crippen LogP) is 4.15. The summed E-state index contributed by atoms with van der Waals surface area (Å²) in [6, 6.07) is 12.6. The molecule has 4 nitrogen and oxygen atoms in total. The number of aromatic nitrogens is 1. The maximum absolute atomic E-state index is 12.1. The molecule has 0 unspecified atom stereocenters. The van der Waals surface area contributed by atoms with E-state index in [0.717, 1.165) is 9.99 Å². The van der Waals surface area contributed by atoms with Crippen LogP contribution in [0.2, 0.25) is 0 Å². The predicted molar refractivity (Wildman–Crippen MR) is 80.8 cm³/mol. The average molecular weight is 331 g/mol. The van der Waals surface area contributed by atoms with Gasteiger partial charge in [0.2, 0.25) is 0 Å². The van der Waals surface area contributed by atoms with Gasteiger partial charge in [-0.2, -0.15) is 0 Å². The van der Waals surface area contributed by atoms with Crippen LogP contribution in [0.15, 0.2) is 51.4 Å². The monoisotopic (exact) mass is 330 g/mol. The zero-order chi connectivity index (χ0) is 14.1. The lowest BCUT2D eigenvalue weighted by molar-refractivity contribution is 0.102. The molecule has 0 saturated carbocycles. The number of carbonyl (C=O) groups is 1. The molecule has 100 valence electrons. The van der Waals surface area contributed by atoms with Crippen molar-refractivity contribution >= 4 is 38.6 Å². The molecule has 0 saturated heterocycles. The third kappa shape index (κ3) is 2.58. The molecule has 1 N–H and O–H groups in total. The van der Waals surface area contributed by atoms with Crippen LogP contribution in [0.4, 0.5) is 5.69 Å². The first-order valence-corrected chi connectivity index (χ1v) is 6.85. The van der Waals surface area contributed by atoms with Gasteiger partial charge in [-0.1, -0.05) is 15.9 Å². The Bertz CT molecular complexity index is 778. The lowest BCUT2D eigenvalue weighted by Gasteiger charge is -2.05. The van der Waals surface area contributed by atoms with E-state index in [9.17, 15) is 4.79 Å². The van der Waals surface area contributed by atoms with Crippen LogP contribution in [0.1, 0.15) is 16.2 Å². The van der Waals surface area contributed by atoms with Crippen molar-refractivity contribution < 1.29 is 9.21 Å². The number of aryl methyl sites for hydroxylation is 1. The Labute approximate surface area is 123 Å². The average Bonchev–Trinajstić information content (AvgIpc) is 2.78. The Hall–Kier alpha value is -2.14. The van der Waals surface area contributed by atoms with Gasteiger partial charge in [-0.05, 0) is 36.4 Å². The maximum Gasteiger partial charge on any atom is 0.255 e. The number of hydrogen-bond acceptors (Lipinski definition) is 3. The van der Waals surface area contributed by atoms with Crippen LogP contribution in [0, 0.1) is 6.92 Å². The minimum atomic E-state index is -0.159. The molecule has 0 aliphatic heterocycles. The topological polar surface area (TPSA) is 55.1 Å². The zero-order valence-electron chi connectivity index (χ0n) is 10.7. The van der Waals surface area contributed by atoms with Crippen LogP contribution >= 0.6 is 15.9 Å². The zero-order valence-corrected chi connectivity index (χ0v) is 12.3. The van der Waals surface area contributed by atoms with E-state index in [1.54, 1.807) is 31.2 Å². The summed E-state index contributed by atoms with van der Waals surface area (Å²) in [5.41, 5.74) is 2.73. The van der Waals surface area contributed by atoms with Gasteiger partial charge in [0.25, 0.3) is 5.91 Å². The summed E-state index contributed by atoms with van der Waals surface area (Å²) < 4.78 is 6.38. The molecule has 3 aromatic rings. The molecule has 0 aliphatic rings. The van der Waals surface area contributed by atoms with Crippen LogP contribution in [0.3, 0.4) is 0 Å². The Morgan fingerprint density at radius 2 is 1.95 bits per heavy atom. The van der Waals surface area contributed by atoms with Gasteiger partial charge in [0, 0.05) is 28.7 Å². The standard InChI is InChI=1S/C15H11BrN2O2/c1-9-17-13-7-6-12(8-14(13)20-9)18-15(19)10-2-4-11(16)5-3-10/h2-8H,1H3,(H,18,19). The summed E-state index contributed by atoms with van der Waals surface area (Å²) in [4.78, 5) is 16.3. The molecule has 0 atom stereocenters. The second-order valence-corrected chi connectivity index (χ2v) is 5.29. The number of hydrogen-bond donors (Lipinski definition) is 1. The fraction of sp³-hybridized carbons (Fsp3) is 0.0667. The Morgan fingerprint density at radius 3 is 2.70 bits per heavy atom. The normalized spacial score (nSPS) is 10.7. The highest BCUT2D eigenvalue weighted by Gasteiger charge is 2.08. The molecule has 0 spiro atoms. The quantitative estimate of drug-likeness (QED) is 0.767. The highest BCUT2D eigenvalue weighted by Crippen LogP contribution is 2.20. The third-order valence-corrected chi connectivity index (χ3v) is 3.39. The molecular weight excluding hydrogens is 320 g/mol. The second-order valence-electron chi connectivity index (χ2n) is 4.38. The number of nitrogens with zero attached hydrogens (tertiary/aromatic N) is 1. The number of rotatable bonds is 2. The van der Waals surface area contributed by atoms with Crippen LogP contribution in [0.5, 0.6) is 0 Å². The van der Waals surface area contributed by atoms with E-state index in [2.05, 4.69) is 26.2 Å². The molecule has 1 aromatic heterocycles. The van der Waals surface area contributed by atoms with Gasteiger partial charge in [-0.15, -0.1) is 0 Å². The van der Waals surface area contributed by atoms with Gasteiger partial charge in [0.1, 0.15) is 5.52 Å². The van der Waals surface area contributed by atoms with E-state index < -0.39 is 0 Å². The number of benzene rings is 2. The molecule has 0 radical (unpaired) electrons. The van der Waals surface area contributed by atoms with Gasteiger partial charge < -0.3 is 9.73 Å². The maximum atomic E-state index is 12.1. The molecule has 1 amide bonds. The van der Waals surface area contributed by atoms with Gasteiger partial charge in [-0.3, -0.25) is 4.79 Å². The lowest BCUT2D eigenvalue weighted by Crippen LogP contribution is -2.11. The van der Waals surface area contributed by atoms with Gasteiger partial charge in [0.15, 0.2) is 11.5 Å². The van der Waals surface area contributed by atoms with Crippen molar-refractivity contribution in [2.45, 2.75) is 6.92 Å². The van der Waals surface area contributed by atoms with Crippen LogP contribution in [-0.2, 0) is 0 Å². The fourth-order valence-electron chi connectivity index (χ4n) is 1.92. The molecule has 5 heteroatoms. The molecule has 2 aromatic carbocycles. The van der Waals surface area contributed by atoms with Crippen LogP contribution in [-0.4, -0.2) is 10.9 Å². The number of nitrogens with one attached hydrogen (secondary N) is 1. The Balaban J connectivity index is 1.84. The number of oxazole rings is 1. The van der Waals surface area contributed by atoms with E-state index in [0.29, 0.717) is 22.7 Å². The number of fused-ring (bicyclic) bond motifs is 1. The van der Waals surface area contributed by atoms with Crippen molar-refractivity contribution in [2.24, 2.45) is 0 Å². The molecule has 0 fully saturated rings. The van der Waals surface area contributed by atoms with E-state index in [-0.39, 0.29) is 5.91 Å². The smallest absolute Gasteiger partial charge is 0.255 e. The van der Waals surface area contributed by atoms with Crippen molar-refractivity contribution in [1.82, 2.24) is 4.98 Å². The van der Waals surface area contributed by atoms with E-state index in [1.165, 1.54) is 0 Å². The van der Waals surface area contributed by atoms with Gasteiger partial charge in [-0.25, -0.2) is 4.98 Å². The Morgan fingerprint density at radius 1 is 1.20 bits per heavy atom. The molecule has 20 heavy (non-hydrogen) atoms. The summed E-state index contributed by atoms with van der Waals surface area (Å²) in [5, 5.41) is 2.84. The number of amides is 1. The molecule has 0 aliphatic carbocycles. The minimum Gasteiger partial charge on any atom is -0.441 e. The first-order chi connectivity index (χ1) is 9.61. The largest absolute Gasteiger partial charge is 0.441 e. The van der Waals surface area contributed by atoms with E-state index >= 15 is 0 Å². The summed E-state index contributed by atoms with van der Waals surface area (Å²) in [6.07, 6.45) is 0. The first-order valence-electron chi connectivity index (χ1n) is 6.06. The van der Waals surface area contributed by atoms with Crippen molar-refractivity contribution in [1.29, 1.82) is 0 Å². The number of anilines is 1. The van der Waals surface area contributed by atoms with Crippen molar-refractivity contribution in [2.75, 3.05) is 5.32 Å². The number of carbonyl (C=O) groups excluding carboxylic acids is 1. The van der Waals surface area contributed by atoms with Crippen LogP contribution in [0.25, 0.3) is 11.1 Å². The highest BCUT2D eigenvalue weighted by molar-refractivity contribution is 9.10. The highest BCUT2D eigenvalue weighted by atomic mass is 79.9. The van der Waals surface area contributed by atoms with Crippen molar-refractivity contribution in [3.05, 3.63) is 58.4 Å².